The molecule has 0 radical (unpaired) electrons. The first-order chi connectivity index (χ1) is 12.3. The number of sulfonamides is 1. The van der Waals surface area contributed by atoms with Crippen LogP contribution in [0, 0.1) is 6.92 Å². The first-order valence-electron chi connectivity index (χ1n) is 7.83. The molecule has 10 heteroatoms. The van der Waals surface area contributed by atoms with Crippen molar-refractivity contribution in [3.05, 3.63) is 34.3 Å². The number of fused-ring (bicyclic) bond motifs is 1. The number of thiazole rings is 1. The fourth-order valence-corrected chi connectivity index (χ4v) is 5.43. The molecular weight excluding hydrogens is 378 g/mol. The van der Waals surface area contributed by atoms with Crippen LogP contribution in [0.2, 0.25) is 0 Å². The highest BCUT2D eigenvalue weighted by atomic mass is 32.2. The third-order valence-corrected chi connectivity index (χ3v) is 6.89. The van der Waals surface area contributed by atoms with Crippen LogP contribution in [0.3, 0.4) is 0 Å². The normalized spacial score (nSPS) is 14.6. The Morgan fingerprint density at radius 3 is 2.81 bits per heavy atom. The van der Waals surface area contributed by atoms with E-state index in [0.717, 1.165) is 16.1 Å². The summed E-state index contributed by atoms with van der Waals surface area (Å²) in [7, 11) is -0.993. The molecule has 0 fully saturated rings. The third kappa shape index (κ3) is 3.53. The number of nitrogens with one attached hydrogen (secondary N) is 1. The van der Waals surface area contributed by atoms with Crippen LogP contribution >= 0.6 is 11.3 Å². The first-order valence-corrected chi connectivity index (χ1v) is 10.1. The lowest BCUT2D eigenvalue weighted by Crippen LogP contribution is -2.35. The summed E-state index contributed by atoms with van der Waals surface area (Å²) in [5.74, 6) is 0.318. The highest BCUT2D eigenvalue weighted by molar-refractivity contribution is 7.89. The predicted octanol–water partition coefficient (Wildman–Crippen LogP) is 2.39. The number of rotatable bonds is 4. The van der Waals surface area contributed by atoms with Gasteiger partial charge >= 0.3 is 6.09 Å². The Morgan fingerprint density at radius 1 is 1.35 bits per heavy atom. The third-order valence-electron chi connectivity index (χ3n) is 4.03. The molecule has 1 amide bonds. The van der Waals surface area contributed by atoms with Crippen molar-refractivity contribution in [1.29, 1.82) is 0 Å². The van der Waals surface area contributed by atoms with Crippen molar-refractivity contribution in [2.75, 3.05) is 26.1 Å². The summed E-state index contributed by atoms with van der Waals surface area (Å²) < 4.78 is 37.4. The van der Waals surface area contributed by atoms with E-state index in [1.165, 1.54) is 29.9 Å². The fraction of sp³-hybridized carbons (Fsp3) is 0.375. The van der Waals surface area contributed by atoms with Gasteiger partial charge in [0.05, 0.1) is 26.5 Å². The Labute approximate surface area is 155 Å². The average molecular weight is 397 g/mol. The maximum Gasteiger partial charge on any atom is 0.413 e. The maximum absolute atomic E-state index is 13.1. The van der Waals surface area contributed by atoms with Gasteiger partial charge in [0.2, 0.25) is 10.0 Å². The maximum atomic E-state index is 13.1. The zero-order valence-electron chi connectivity index (χ0n) is 14.6. The number of carbonyl (C=O) groups is 1. The smallest absolute Gasteiger partial charge is 0.413 e. The number of methoxy groups -OCH3 is 2. The molecular formula is C16H19N3O5S2. The molecule has 1 N–H and O–H groups in total. The Kier molecular flexibility index (Phi) is 5.17. The van der Waals surface area contributed by atoms with E-state index in [1.54, 1.807) is 18.2 Å². The van der Waals surface area contributed by atoms with Gasteiger partial charge in [0.15, 0.2) is 5.13 Å². The quantitative estimate of drug-likeness (QED) is 0.851. The molecule has 0 aliphatic carbocycles. The van der Waals surface area contributed by atoms with Crippen LogP contribution in [-0.4, -0.2) is 44.6 Å². The number of carbonyl (C=O) groups excluding carboxylic acids is 1. The van der Waals surface area contributed by atoms with E-state index in [2.05, 4.69) is 15.0 Å². The Hall–Kier alpha value is -2.17. The van der Waals surface area contributed by atoms with Crippen LogP contribution in [0.15, 0.2) is 23.1 Å². The SMILES string of the molecule is COC(=O)Nc1nc2c(s1)CN(S(=O)(=O)c1cc(C)ccc1OC)CC2. The van der Waals surface area contributed by atoms with Crippen molar-refractivity contribution in [1.82, 2.24) is 9.29 Å². The minimum atomic E-state index is -3.71. The second-order valence-electron chi connectivity index (χ2n) is 5.75. The molecule has 2 aromatic rings. The molecule has 8 nitrogen and oxygen atoms in total. The van der Waals surface area contributed by atoms with Crippen molar-refractivity contribution >= 4 is 32.6 Å². The number of benzene rings is 1. The van der Waals surface area contributed by atoms with E-state index in [4.69, 9.17) is 4.74 Å². The Morgan fingerprint density at radius 2 is 2.12 bits per heavy atom. The molecule has 2 heterocycles. The van der Waals surface area contributed by atoms with E-state index in [9.17, 15) is 13.2 Å². The number of hydrogen-bond acceptors (Lipinski definition) is 7. The van der Waals surface area contributed by atoms with Gasteiger partial charge in [-0.3, -0.25) is 5.32 Å². The highest BCUT2D eigenvalue weighted by Crippen LogP contribution is 2.34. The summed E-state index contributed by atoms with van der Waals surface area (Å²) in [5.41, 5.74) is 1.63. The molecule has 0 bridgehead atoms. The van der Waals surface area contributed by atoms with Gasteiger partial charge in [-0.25, -0.2) is 18.2 Å². The molecule has 1 aliphatic heterocycles. The fourth-order valence-electron chi connectivity index (χ4n) is 2.69. The van der Waals surface area contributed by atoms with Crippen molar-refractivity contribution in [3.63, 3.8) is 0 Å². The van der Waals surface area contributed by atoms with E-state index in [-0.39, 0.29) is 11.4 Å². The van der Waals surface area contributed by atoms with Crippen LogP contribution in [0.25, 0.3) is 0 Å². The highest BCUT2D eigenvalue weighted by Gasteiger charge is 2.32. The minimum Gasteiger partial charge on any atom is -0.495 e. The average Bonchev–Trinajstić information content (AvgIpc) is 3.02. The molecule has 3 rings (SSSR count). The van der Waals surface area contributed by atoms with Gasteiger partial charge in [-0.05, 0) is 24.6 Å². The van der Waals surface area contributed by atoms with Gasteiger partial charge in [-0.2, -0.15) is 4.31 Å². The molecule has 0 saturated heterocycles. The van der Waals surface area contributed by atoms with Gasteiger partial charge in [-0.15, -0.1) is 0 Å². The summed E-state index contributed by atoms with van der Waals surface area (Å²) in [6, 6.07) is 5.07. The standard InChI is InChI=1S/C16H19N3O5S2/c1-10-4-5-12(23-2)14(8-10)26(21,22)19-7-6-11-13(9-19)25-15(17-11)18-16(20)24-3/h4-5,8H,6-7,9H2,1-3H3,(H,17,18,20). The van der Waals surface area contributed by atoms with E-state index in [1.807, 2.05) is 6.92 Å². The zero-order chi connectivity index (χ0) is 18.9. The van der Waals surface area contributed by atoms with Crippen molar-refractivity contribution in [3.8, 4) is 5.75 Å². The lowest BCUT2D eigenvalue weighted by atomic mass is 10.2. The predicted molar refractivity (Wildman–Crippen MR) is 97.2 cm³/mol. The number of aromatic nitrogens is 1. The molecule has 0 atom stereocenters. The largest absolute Gasteiger partial charge is 0.495 e. The second kappa shape index (κ2) is 7.22. The molecule has 0 spiro atoms. The molecule has 1 aromatic carbocycles. The molecule has 1 aliphatic rings. The number of amides is 1. The number of aryl methyl sites for hydroxylation is 1. The van der Waals surface area contributed by atoms with Crippen molar-refractivity contribution in [2.45, 2.75) is 24.8 Å². The lowest BCUT2D eigenvalue weighted by Gasteiger charge is -2.26. The molecule has 0 unspecified atom stereocenters. The van der Waals surface area contributed by atoms with E-state index in [0.29, 0.717) is 23.8 Å². The van der Waals surface area contributed by atoms with Crippen molar-refractivity contribution in [2.24, 2.45) is 0 Å². The van der Waals surface area contributed by atoms with Gasteiger partial charge in [0.25, 0.3) is 0 Å². The summed E-state index contributed by atoms with van der Waals surface area (Å²) in [6.07, 6.45) is -0.132. The zero-order valence-corrected chi connectivity index (χ0v) is 16.2. The van der Waals surface area contributed by atoms with Crippen LogP contribution in [0.5, 0.6) is 5.75 Å². The summed E-state index contributed by atoms with van der Waals surface area (Å²) in [4.78, 5) is 16.6. The summed E-state index contributed by atoms with van der Waals surface area (Å²) in [5, 5.41) is 2.92. The minimum absolute atomic E-state index is 0.154. The number of hydrogen-bond donors (Lipinski definition) is 1. The summed E-state index contributed by atoms with van der Waals surface area (Å²) >= 11 is 1.25. The molecule has 1 aromatic heterocycles. The Balaban J connectivity index is 1.88. The molecule has 26 heavy (non-hydrogen) atoms. The number of ether oxygens (including phenoxy) is 2. The van der Waals surface area contributed by atoms with E-state index < -0.39 is 16.1 Å². The topological polar surface area (TPSA) is 97.8 Å². The molecule has 0 saturated carbocycles. The Bertz CT molecular complexity index is 939. The second-order valence-corrected chi connectivity index (χ2v) is 8.74. The van der Waals surface area contributed by atoms with Gasteiger partial charge < -0.3 is 9.47 Å². The van der Waals surface area contributed by atoms with E-state index >= 15 is 0 Å². The summed E-state index contributed by atoms with van der Waals surface area (Å²) in [6.45, 7) is 2.35. The molecule has 140 valence electrons. The lowest BCUT2D eigenvalue weighted by molar-refractivity contribution is 0.187. The number of anilines is 1. The van der Waals surface area contributed by atoms with Gasteiger partial charge in [0.1, 0.15) is 10.6 Å². The van der Waals surface area contributed by atoms with Crippen LogP contribution < -0.4 is 10.1 Å². The first kappa shape index (κ1) is 18.6. The van der Waals surface area contributed by atoms with Crippen LogP contribution in [-0.2, 0) is 27.7 Å². The number of nitrogens with zero attached hydrogens (tertiary/aromatic N) is 2. The van der Waals surface area contributed by atoms with Crippen LogP contribution in [0.1, 0.15) is 16.1 Å². The van der Waals surface area contributed by atoms with Gasteiger partial charge in [-0.1, -0.05) is 17.4 Å². The van der Waals surface area contributed by atoms with Crippen LogP contribution in [0.4, 0.5) is 9.93 Å². The van der Waals surface area contributed by atoms with Crippen molar-refractivity contribution < 1.29 is 22.7 Å². The van der Waals surface area contributed by atoms with Gasteiger partial charge in [0, 0.05) is 17.8 Å². The monoisotopic (exact) mass is 397 g/mol.